The summed E-state index contributed by atoms with van der Waals surface area (Å²) in [6.45, 7) is 3.88. The van der Waals surface area contributed by atoms with E-state index in [4.69, 9.17) is 28.8 Å². The lowest BCUT2D eigenvalue weighted by Gasteiger charge is -2.07. The first-order valence-electron chi connectivity index (χ1n) is 6.14. The average molecular weight is 306 g/mol. The third-order valence-corrected chi connectivity index (χ3v) is 2.96. The Hall–Kier alpha value is -2.54. The minimum atomic E-state index is -0.151. The van der Waals surface area contributed by atoms with Gasteiger partial charge in [0.15, 0.2) is 5.96 Å². The first-order valence-corrected chi connectivity index (χ1v) is 6.51. The molecule has 0 atom stereocenters. The van der Waals surface area contributed by atoms with Crippen LogP contribution in [0.4, 0.5) is 5.69 Å². The van der Waals surface area contributed by atoms with Gasteiger partial charge in [-0.05, 0) is 38.1 Å². The maximum atomic E-state index is 6.28. The molecule has 0 saturated carbocycles. The second-order valence-corrected chi connectivity index (χ2v) is 4.89. The van der Waals surface area contributed by atoms with E-state index in [1.54, 1.807) is 16.8 Å². The van der Waals surface area contributed by atoms with Gasteiger partial charge in [-0.15, -0.1) is 0 Å². The third-order valence-electron chi connectivity index (χ3n) is 2.66. The van der Waals surface area contributed by atoms with Crippen LogP contribution in [-0.4, -0.2) is 21.7 Å². The molecule has 6 N–H and O–H groups in total. The van der Waals surface area contributed by atoms with Crippen molar-refractivity contribution in [2.75, 3.05) is 0 Å². The molecule has 21 heavy (non-hydrogen) atoms. The van der Waals surface area contributed by atoms with Gasteiger partial charge in [0.05, 0.1) is 22.1 Å². The summed E-state index contributed by atoms with van der Waals surface area (Å²) in [4.78, 5) is 7.69. The van der Waals surface area contributed by atoms with E-state index in [2.05, 4.69) is 15.1 Å². The third kappa shape index (κ3) is 3.51. The van der Waals surface area contributed by atoms with Gasteiger partial charge in [-0.2, -0.15) is 10.1 Å². The fourth-order valence-electron chi connectivity index (χ4n) is 1.90. The molecule has 0 aliphatic heterocycles. The summed E-state index contributed by atoms with van der Waals surface area (Å²) in [7, 11) is 0. The Balaban J connectivity index is 2.39. The quantitative estimate of drug-likeness (QED) is 0.573. The molecule has 0 unspecified atom stereocenters. The maximum absolute atomic E-state index is 6.28. The molecule has 7 nitrogen and oxygen atoms in total. The van der Waals surface area contributed by atoms with Crippen LogP contribution in [-0.2, 0) is 0 Å². The van der Waals surface area contributed by atoms with Crippen LogP contribution in [0.25, 0.3) is 5.69 Å². The SMILES string of the molecule is Cc1cc(C)n(-c2ccc(N=C(N)N=C(N)N)cc2Cl)n1. The minimum absolute atomic E-state index is 0.0371. The predicted octanol–water partition coefficient (Wildman–Crippen LogP) is 1.36. The Morgan fingerprint density at radius 2 is 1.90 bits per heavy atom. The number of aliphatic imine (C=N–C) groups is 2. The Bertz CT molecular complexity index is 726. The van der Waals surface area contributed by atoms with Crippen molar-refractivity contribution in [3.63, 3.8) is 0 Å². The average Bonchev–Trinajstić information content (AvgIpc) is 2.67. The number of nitrogens with zero attached hydrogens (tertiary/aromatic N) is 4. The minimum Gasteiger partial charge on any atom is -0.370 e. The zero-order valence-corrected chi connectivity index (χ0v) is 12.5. The van der Waals surface area contributed by atoms with Crippen molar-refractivity contribution in [1.82, 2.24) is 9.78 Å². The van der Waals surface area contributed by atoms with Crippen molar-refractivity contribution >= 4 is 29.2 Å². The molecule has 0 aliphatic rings. The number of rotatable bonds is 2. The van der Waals surface area contributed by atoms with Crippen molar-refractivity contribution in [3.05, 3.63) is 40.7 Å². The standard InChI is InChI=1S/C13H16ClN7/c1-7-5-8(2)21(20-7)11-4-3-9(6-10(11)14)18-13(17)19-12(15)16/h3-6H,1-2H3,(H6,15,16,17,18,19). The summed E-state index contributed by atoms with van der Waals surface area (Å²) >= 11 is 6.28. The van der Waals surface area contributed by atoms with Crippen molar-refractivity contribution in [3.8, 4) is 5.69 Å². The van der Waals surface area contributed by atoms with Crippen LogP contribution in [0.5, 0.6) is 0 Å². The molecule has 2 rings (SSSR count). The van der Waals surface area contributed by atoms with Gasteiger partial charge < -0.3 is 17.2 Å². The summed E-state index contributed by atoms with van der Waals surface area (Å²) in [6, 6.07) is 7.21. The van der Waals surface area contributed by atoms with Gasteiger partial charge in [-0.1, -0.05) is 11.6 Å². The van der Waals surface area contributed by atoms with E-state index >= 15 is 0 Å². The molecule has 8 heteroatoms. The summed E-state index contributed by atoms with van der Waals surface area (Å²) in [5.41, 5.74) is 19.3. The van der Waals surface area contributed by atoms with Crippen LogP contribution in [0, 0.1) is 13.8 Å². The summed E-state index contributed by atoms with van der Waals surface area (Å²) < 4.78 is 1.77. The maximum Gasteiger partial charge on any atom is 0.223 e. The number of guanidine groups is 2. The smallest absolute Gasteiger partial charge is 0.223 e. The fourth-order valence-corrected chi connectivity index (χ4v) is 2.15. The molecular formula is C13H16ClN7. The topological polar surface area (TPSA) is 121 Å². The monoisotopic (exact) mass is 305 g/mol. The Morgan fingerprint density at radius 3 is 2.43 bits per heavy atom. The number of halogens is 1. The second kappa shape index (κ2) is 5.84. The number of aryl methyl sites for hydroxylation is 2. The van der Waals surface area contributed by atoms with Crippen molar-refractivity contribution in [2.45, 2.75) is 13.8 Å². The van der Waals surface area contributed by atoms with Gasteiger partial charge in [-0.3, -0.25) is 0 Å². The Kier molecular flexibility index (Phi) is 4.13. The highest BCUT2D eigenvalue weighted by Crippen LogP contribution is 2.26. The molecule has 0 radical (unpaired) electrons. The highest BCUT2D eigenvalue weighted by molar-refractivity contribution is 6.32. The molecule has 0 amide bonds. The predicted molar refractivity (Wildman–Crippen MR) is 85.1 cm³/mol. The van der Waals surface area contributed by atoms with Gasteiger partial charge >= 0.3 is 0 Å². The molecule has 0 fully saturated rings. The van der Waals surface area contributed by atoms with Crippen LogP contribution >= 0.6 is 11.6 Å². The molecule has 110 valence electrons. The molecule has 0 spiro atoms. The van der Waals surface area contributed by atoms with E-state index in [0.717, 1.165) is 17.1 Å². The fraction of sp³-hybridized carbons (Fsp3) is 0.154. The normalized spacial score (nSPS) is 11.5. The van der Waals surface area contributed by atoms with Crippen molar-refractivity contribution < 1.29 is 0 Å². The zero-order chi connectivity index (χ0) is 15.6. The molecule has 0 saturated heterocycles. The van der Waals surface area contributed by atoms with Crippen LogP contribution in [0.2, 0.25) is 5.02 Å². The number of nitrogens with two attached hydrogens (primary N) is 3. The molecule has 0 aliphatic carbocycles. The van der Waals surface area contributed by atoms with Crippen LogP contribution in [0.3, 0.4) is 0 Å². The number of hydrogen-bond donors (Lipinski definition) is 3. The lowest BCUT2D eigenvalue weighted by atomic mass is 10.2. The number of hydrogen-bond acceptors (Lipinski definition) is 2. The molecule has 0 bridgehead atoms. The first-order chi connectivity index (χ1) is 9.86. The van der Waals surface area contributed by atoms with Crippen molar-refractivity contribution in [2.24, 2.45) is 27.2 Å². The van der Waals surface area contributed by atoms with Crippen LogP contribution in [0.15, 0.2) is 34.3 Å². The van der Waals surface area contributed by atoms with Gasteiger partial charge in [0, 0.05) is 5.69 Å². The molecular weight excluding hydrogens is 290 g/mol. The Morgan fingerprint density at radius 1 is 1.19 bits per heavy atom. The largest absolute Gasteiger partial charge is 0.370 e. The van der Waals surface area contributed by atoms with Gasteiger partial charge in [0.1, 0.15) is 0 Å². The molecule has 1 aromatic carbocycles. The first kappa shape index (κ1) is 14.9. The highest BCUT2D eigenvalue weighted by Gasteiger charge is 2.08. The Labute approximate surface area is 127 Å². The van der Waals surface area contributed by atoms with Crippen LogP contribution in [0.1, 0.15) is 11.4 Å². The van der Waals surface area contributed by atoms with E-state index in [1.165, 1.54) is 0 Å². The molecule has 1 aromatic heterocycles. The van der Waals surface area contributed by atoms with Gasteiger partial charge in [0.25, 0.3) is 0 Å². The highest BCUT2D eigenvalue weighted by atomic mass is 35.5. The number of benzene rings is 1. The lowest BCUT2D eigenvalue weighted by Crippen LogP contribution is -2.26. The number of aromatic nitrogens is 2. The van der Waals surface area contributed by atoms with E-state index in [0.29, 0.717) is 10.7 Å². The van der Waals surface area contributed by atoms with Gasteiger partial charge in [0.2, 0.25) is 5.96 Å². The van der Waals surface area contributed by atoms with Crippen molar-refractivity contribution in [1.29, 1.82) is 0 Å². The van der Waals surface area contributed by atoms with E-state index in [9.17, 15) is 0 Å². The molecule has 2 aromatic rings. The summed E-state index contributed by atoms with van der Waals surface area (Å²) in [5, 5.41) is 4.89. The van der Waals surface area contributed by atoms with E-state index in [-0.39, 0.29) is 11.9 Å². The summed E-state index contributed by atoms with van der Waals surface area (Å²) in [5.74, 6) is -0.188. The second-order valence-electron chi connectivity index (χ2n) is 4.48. The van der Waals surface area contributed by atoms with Crippen LogP contribution < -0.4 is 17.2 Å². The zero-order valence-electron chi connectivity index (χ0n) is 11.7. The molecule has 1 heterocycles. The summed E-state index contributed by atoms with van der Waals surface area (Å²) in [6.07, 6.45) is 0. The van der Waals surface area contributed by atoms with Gasteiger partial charge in [-0.25, -0.2) is 9.67 Å². The van der Waals surface area contributed by atoms with E-state index < -0.39 is 0 Å². The lowest BCUT2D eigenvalue weighted by molar-refractivity contribution is 0.834. The van der Waals surface area contributed by atoms with E-state index in [1.807, 2.05) is 26.0 Å².